The maximum absolute atomic E-state index is 13.5. The summed E-state index contributed by atoms with van der Waals surface area (Å²) in [6, 6.07) is 13.6. The minimum absolute atomic E-state index is 0.247. The summed E-state index contributed by atoms with van der Waals surface area (Å²) in [6.45, 7) is 1.97. The van der Waals surface area contributed by atoms with Gasteiger partial charge in [-0.05, 0) is 48.9 Å². The number of carbonyl (C=O) groups is 2. The van der Waals surface area contributed by atoms with Crippen LogP contribution in [-0.4, -0.2) is 38.5 Å². The Bertz CT molecular complexity index is 1320. The van der Waals surface area contributed by atoms with E-state index in [4.69, 9.17) is 5.10 Å². The predicted molar refractivity (Wildman–Crippen MR) is 105 cm³/mol. The van der Waals surface area contributed by atoms with E-state index in [0.29, 0.717) is 22.3 Å². The number of rotatable bonds is 2. The molecular formula is C22H15FN4O2. The lowest BCUT2D eigenvalue weighted by molar-refractivity contribution is 0.0693. The Morgan fingerprint density at radius 2 is 1.76 bits per heavy atom. The van der Waals surface area contributed by atoms with Gasteiger partial charge in [-0.3, -0.25) is 14.5 Å². The van der Waals surface area contributed by atoms with E-state index in [0.717, 1.165) is 16.2 Å². The molecule has 142 valence electrons. The summed E-state index contributed by atoms with van der Waals surface area (Å²) in [5.41, 5.74) is 3.92. The van der Waals surface area contributed by atoms with Crippen molar-refractivity contribution >= 4 is 22.8 Å². The third-order valence-corrected chi connectivity index (χ3v) is 5.11. The topological polar surface area (TPSA) is 68.1 Å². The van der Waals surface area contributed by atoms with Gasteiger partial charge in [-0.25, -0.2) is 14.1 Å². The lowest BCUT2D eigenvalue weighted by Gasteiger charge is -2.04. The zero-order chi connectivity index (χ0) is 20.3. The minimum Gasteiger partial charge on any atom is -0.277 e. The number of carbonyl (C=O) groups excluding carboxylic acids is 2. The first kappa shape index (κ1) is 17.2. The Balaban J connectivity index is 1.89. The van der Waals surface area contributed by atoms with Gasteiger partial charge in [0.15, 0.2) is 5.65 Å². The van der Waals surface area contributed by atoms with Crippen molar-refractivity contribution in [3.8, 4) is 16.9 Å². The number of hydrogen-bond acceptors (Lipinski definition) is 4. The van der Waals surface area contributed by atoms with Crippen LogP contribution in [0.2, 0.25) is 0 Å². The first-order chi connectivity index (χ1) is 14.0. The SMILES string of the molecule is Cc1cccc(-n2nc(-c3ccc(F)cc3)c3c4c(cnc32)C(=O)N(C)C4=O)c1. The van der Waals surface area contributed by atoms with Crippen LogP contribution in [0.3, 0.4) is 0 Å². The average Bonchev–Trinajstić information content (AvgIpc) is 3.20. The van der Waals surface area contributed by atoms with E-state index in [1.807, 2.05) is 31.2 Å². The molecule has 1 aliphatic heterocycles. The molecule has 0 radical (unpaired) electrons. The van der Waals surface area contributed by atoms with Crippen LogP contribution in [0, 0.1) is 12.7 Å². The van der Waals surface area contributed by atoms with Crippen molar-refractivity contribution in [1.29, 1.82) is 0 Å². The third-order valence-electron chi connectivity index (χ3n) is 5.11. The van der Waals surface area contributed by atoms with Gasteiger partial charge in [0.25, 0.3) is 11.8 Å². The van der Waals surface area contributed by atoms with Crippen molar-refractivity contribution in [2.75, 3.05) is 7.05 Å². The van der Waals surface area contributed by atoms with Crippen LogP contribution in [0.15, 0.2) is 54.7 Å². The van der Waals surface area contributed by atoms with Crippen LogP contribution in [-0.2, 0) is 0 Å². The fourth-order valence-corrected chi connectivity index (χ4v) is 3.66. The number of amides is 2. The zero-order valence-electron chi connectivity index (χ0n) is 15.7. The van der Waals surface area contributed by atoms with Crippen LogP contribution >= 0.6 is 0 Å². The number of halogens is 1. The molecule has 4 aromatic rings. The number of imide groups is 1. The van der Waals surface area contributed by atoms with E-state index in [2.05, 4.69) is 4.98 Å². The molecule has 0 fully saturated rings. The third kappa shape index (κ3) is 2.47. The summed E-state index contributed by atoms with van der Waals surface area (Å²) < 4.78 is 15.1. The van der Waals surface area contributed by atoms with E-state index in [-0.39, 0.29) is 16.9 Å². The number of benzene rings is 2. The normalized spacial score (nSPS) is 13.4. The second kappa shape index (κ2) is 6.07. The summed E-state index contributed by atoms with van der Waals surface area (Å²) in [5, 5.41) is 5.20. The van der Waals surface area contributed by atoms with Crippen LogP contribution in [0.5, 0.6) is 0 Å². The number of aromatic nitrogens is 3. The second-order valence-electron chi connectivity index (χ2n) is 7.02. The molecule has 0 saturated carbocycles. The van der Waals surface area contributed by atoms with Gasteiger partial charge in [0, 0.05) is 18.8 Å². The number of fused-ring (bicyclic) bond motifs is 3. The highest BCUT2D eigenvalue weighted by Gasteiger charge is 2.37. The average molecular weight is 386 g/mol. The molecule has 0 unspecified atom stereocenters. The highest BCUT2D eigenvalue weighted by Crippen LogP contribution is 2.36. The zero-order valence-corrected chi connectivity index (χ0v) is 15.7. The van der Waals surface area contributed by atoms with Gasteiger partial charge >= 0.3 is 0 Å². The van der Waals surface area contributed by atoms with Crippen molar-refractivity contribution in [3.63, 3.8) is 0 Å². The van der Waals surface area contributed by atoms with Gasteiger partial charge in [0.1, 0.15) is 11.5 Å². The van der Waals surface area contributed by atoms with E-state index < -0.39 is 11.8 Å². The molecule has 0 atom stereocenters. The van der Waals surface area contributed by atoms with Crippen molar-refractivity contribution < 1.29 is 14.0 Å². The lowest BCUT2D eigenvalue weighted by Crippen LogP contribution is -2.24. The van der Waals surface area contributed by atoms with Crippen molar-refractivity contribution in [2.45, 2.75) is 6.92 Å². The molecule has 6 nitrogen and oxygen atoms in total. The van der Waals surface area contributed by atoms with Crippen LogP contribution in [0.25, 0.3) is 28.0 Å². The standard InChI is InChI=1S/C22H15FN4O2/c1-12-4-3-5-15(10-12)27-20-18(19(25-27)13-6-8-14(23)9-7-13)17-16(11-24-20)21(28)26(2)22(17)29/h3-11H,1-2H3. The number of nitrogens with zero attached hydrogens (tertiary/aromatic N) is 4. The molecule has 7 heteroatoms. The Morgan fingerprint density at radius 3 is 2.48 bits per heavy atom. The number of hydrogen-bond donors (Lipinski definition) is 0. The van der Waals surface area contributed by atoms with Crippen molar-refractivity contribution in [3.05, 3.63) is 77.2 Å². The molecule has 0 spiro atoms. The second-order valence-corrected chi connectivity index (χ2v) is 7.02. The van der Waals surface area contributed by atoms with E-state index in [1.165, 1.54) is 25.4 Å². The molecule has 0 bridgehead atoms. The predicted octanol–water partition coefficient (Wildman–Crippen LogP) is 3.76. The van der Waals surface area contributed by atoms with Crippen LogP contribution < -0.4 is 0 Å². The summed E-state index contributed by atoms with van der Waals surface area (Å²) in [6.07, 6.45) is 1.42. The minimum atomic E-state index is -0.399. The molecular weight excluding hydrogens is 371 g/mol. The first-order valence-corrected chi connectivity index (χ1v) is 9.03. The number of pyridine rings is 1. The molecule has 2 amide bonds. The van der Waals surface area contributed by atoms with Crippen LogP contribution in [0.4, 0.5) is 4.39 Å². The highest BCUT2D eigenvalue weighted by molar-refractivity contribution is 6.27. The molecule has 2 aromatic heterocycles. The Labute approximate surface area is 165 Å². The summed E-state index contributed by atoms with van der Waals surface area (Å²) in [7, 11) is 1.44. The Morgan fingerprint density at radius 1 is 1.00 bits per heavy atom. The molecule has 0 N–H and O–H groups in total. The Hall–Kier alpha value is -3.87. The summed E-state index contributed by atoms with van der Waals surface area (Å²) in [4.78, 5) is 30.8. The van der Waals surface area contributed by atoms with Gasteiger partial charge in [0.2, 0.25) is 0 Å². The fraction of sp³-hybridized carbons (Fsp3) is 0.0909. The smallest absolute Gasteiger partial charge is 0.262 e. The molecule has 1 aliphatic rings. The fourth-order valence-electron chi connectivity index (χ4n) is 3.66. The highest BCUT2D eigenvalue weighted by atomic mass is 19.1. The van der Waals surface area contributed by atoms with Crippen molar-refractivity contribution in [1.82, 2.24) is 19.7 Å². The first-order valence-electron chi connectivity index (χ1n) is 9.03. The van der Waals surface area contributed by atoms with Gasteiger partial charge in [0.05, 0.1) is 22.2 Å². The molecule has 0 aliphatic carbocycles. The summed E-state index contributed by atoms with van der Waals surface area (Å²) >= 11 is 0. The van der Waals surface area contributed by atoms with E-state index >= 15 is 0 Å². The molecule has 29 heavy (non-hydrogen) atoms. The largest absolute Gasteiger partial charge is 0.277 e. The van der Waals surface area contributed by atoms with Crippen molar-refractivity contribution in [2.24, 2.45) is 0 Å². The molecule has 0 saturated heterocycles. The molecule has 2 aromatic carbocycles. The maximum atomic E-state index is 13.5. The van der Waals surface area contributed by atoms with Gasteiger partial charge in [-0.1, -0.05) is 12.1 Å². The quantitative estimate of drug-likeness (QED) is 0.492. The van der Waals surface area contributed by atoms with E-state index in [9.17, 15) is 14.0 Å². The monoisotopic (exact) mass is 386 g/mol. The molecule has 3 heterocycles. The molecule has 5 rings (SSSR count). The Kier molecular flexibility index (Phi) is 3.61. The summed E-state index contributed by atoms with van der Waals surface area (Å²) in [5.74, 6) is -1.16. The number of aryl methyl sites for hydroxylation is 1. The van der Waals surface area contributed by atoms with Gasteiger partial charge in [-0.2, -0.15) is 5.10 Å². The van der Waals surface area contributed by atoms with E-state index in [1.54, 1.807) is 16.8 Å². The van der Waals surface area contributed by atoms with Gasteiger partial charge in [-0.15, -0.1) is 0 Å². The van der Waals surface area contributed by atoms with Crippen LogP contribution in [0.1, 0.15) is 26.3 Å². The lowest BCUT2D eigenvalue weighted by atomic mass is 10.0. The van der Waals surface area contributed by atoms with Gasteiger partial charge < -0.3 is 0 Å². The maximum Gasteiger partial charge on any atom is 0.262 e.